The average Bonchev–Trinajstić information content (AvgIpc) is 2.61. The summed E-state index contributed by atoms with van der Waals surface area (Å²) in [7, 11) is 1.31. The van der Waals surface area contributed by atoms with Gasteiger partial charge in [-0.1, -0.05) is 25.1 Å². The van der Waals surface area contributed by atoms with Crippen molar-refractivity contribution in [2.24, 2.45) is 0 Å². The normalized spacial score (nSPS) is 11.5. The van der Waals surface area contributed by atoms with Crippen molar-refractivity contribution in [1.29, 1.82) is 0 Å². The van der Waals surface area contributed by atoms with E-state index in [-0.39, 0.29) is 5.91 Å². The van der Waals surface area contributed by atoms with E-state index in [1.165, 1.54) is 7.11 Å². The highest BCUT2D eigenvalue weighted by molar-refractivity contribution is 5.96. The lowest BCUT2D eigenvalue weighted by Gasteiger charge is -2.15. The van der Waals surface area contributed by atoms with E-state index in [9.17, 15) is 9.59 Å². The molecule has 0 aromatic heterocycles. The lowest BCUT2D eigenvalue weighted by molar-refractivity contribution is -0.122. The third-order valence-corrected chi connectivity index (χ3v) is 3.54. The topological polar surface area (TPSA) is 64.6 Å². The fourth-order valence-electron chi connectivity index (χ4n) is 2.18. The van der Waals surface area contributed by atoms with Crippen LogP contribution in [0.25, 0.3) is 0 Å². The van der Waals surface area contributed by atoms with Gasteiger partial charge in [0.15, 0.2) is 6.10 Å². The monoisotopic (exact) mass is 327 g/mol. The van der Waals surface area contributed by atoms with Gasteiger partial charge in [-0.15, -0.1) is 0 Å². The number of nitrogens with one attached hydrogen (secondary N) is 1. The number of amides is 1. The minimum atomic E-state index is -0.668. The first kappa shape index (κ1) is 17.5. The summed E-state index contributed by atoms with van der Waals surface area (Å²) in [5.41, 5.74) is 2.03. The molecular formula is C19H21NO4. The number of hydrogen-bond acceptors (Lipinski definition) is 4. The molecule has 2 rings (SSSR count). The van der Waals surface area contributed by atoms with Crippen molar-refractivity contribution in [3.05, 3.63) is 59.7 Å². The second-order valence-corrected chi connectivity index (χ2v) is 5.32. The number of methoxy groups -OCH3 is 1. The molecule has 1 unspecified atom stereocenters. The van der Waals surface area contributed by atoms with E-state index in [1.807, 2.05) is 24.3 Å². The number of ether oxygens (including phenoxy) is 2. The molecule has 5 heteroatoms. The SMILES string of the molecule is CCc1cccc(OC(C)C(=O)Nc2cccc(C(=O)OC)c2)c1. The number of rotatable bonds is 6. The molecule has 24 heavy (non-hydrogen) atoms. The molecule has 2 aromatic rings. The summed E-state index contributed by atoms with van der Waals surface area (Å²) >= 11 is 0. The zero-order valence-corrected chi connectivity index (χ0v) is 14.0. The Kier molecular flexibility index (Phi) is 5.95. The maximum absolute atomic E-state index is 12.3. The molecule has 1 amide bonds. The van der Waals surface area contributed by atoms with Crippen LogP contribution in [0.4, 0.5) is 5.69 Å². The van der Waals surface area contributed by atoms with Crippen molar-refractivity contribution >= 4 is 17.6 Å². The van der Waals surface area contributed by atoms with E-state index < -0.39 is 12.1 Å². The summed E-state index contributed by atoms with van der Waals surface area (Å²) < 4.78 is 10.4. The van der Waals surface area contributed by atoms with Crippen LogP contribution in [-0.4, -0.2) is 25.1 Å². The van der Waals surface area contributed by atoms with Crippen molar-refractivity contribution in [3.63, 3.8) is 0 Å². The van der Waals surface area contributed by atoms with Gasteiger partial charge in [-0.3, -0.25) is 4.79 Å². The second kappa shape index (κ2) is 8.15. The van der Waals surface area contributed by atoms with Crippen molar-refractivity contribution in [1.82, 2.24) is 0 Å². The zero-order chi connectivity index (χ0) is 17.5. The van der Waals surface area contributed by atoms with Gasteiger partial charge in [0.1, 0.15) is 5.75 Å². The second-order valence-electron chi connectivity index (χ2n) is 5.32. The third-order valence-electron chi connectivity index (χ3n) is 3.54. The molecule has 0 spiro atoms. The van der Waals surface area contributed by atoms with Gasteiger partial charge >= 0.3 is 5.97 Å². The third kappa shape index (κ3) is 4.59. The largest absolute Gasteiger partial charge is 0.481 e. The van der Waals surface area contributed by atoms with E-state index in [0.29, 0.717) is 17.0 Å². The Hall–Kier alpha value is -2.82. The van der Waals surface area contributed by atoms with Gasteiger partial charge in [0, 0.05) is 5.69 Å². The number of carbonyl (C=O) groups excluding carboxylic acids is 2. The molecule has 5 nitrogen and oxygen atoms in total. The van der Waals surface area contributed by atoms with E-state index >= 15 is 0 Å². The van der Waals surface area contributed by atoms with E-state index in [0.717, 1.165) is 12.0 Å². The molecule has 2 aromatic carbocycles. The first-order valence-corrected chi connectivity index (χ1v) is 7.78. The number of carbonyl (C=O) groups is 2. The highest BCUT2D eigenvalue weighted by Gasteiger charge is 2.16. The Labute approximate surface area is 141 Å². The van der Waals surface area contributed by atoms with Crippen LogP contribution in [0.2, 0.25) is 0 Å². The minimum Gasteiger partial charge on any atom is -0.481 e. The molecule has 0 fully saturated rings. The summed E-state index contributed by atoms with van der Waals surface area (Å²) in [6, 6.07) is 14.2. The van der Waals surface area contributed by atoms with Crippen LogP contribution in [0.1, 0.15) is 29.8 Å². The standard InChI is InChI=1S/C19H21NO4/c1-4-14-7-5-10-17(11-14)24-13(2)18(21)20-16-9-6-8-15(12-16)19(22)23-3/h5-13H,4H2,1-3H3,(H,20,21). The molecule has 0 saturated carbocycles. The maximum Gasteiger partial charge on any atom is 0.337 e. The Bertz CT molecular complexity index is 727. The molecule has 0 radical (unpaired) electrons. The molecule has 0 saturated heterocycles. The number of benzene rings is 2. The van der Waals surface area contributed by atoms with E-state index in [1.54, 1.807) is 31.2 Å². The summed E-state index contributed by atoms with van der Waals surface area (Å²) in [6.07, 6.45) is 0.233. The van der Waals surface area contributed by atoms with Crippen LogP contribution in [-0.2, 0) is 16.0 Å². The Morgan fingerprint density at radius 2 is 1.88 bits per heavy atom. The summed E-state index contributed by atoms with van der Waals surface area (Å²) in [5.74, 6) is -0.0917. The van der Waals surface area contributed by atoms with Crippen molar-refractivity contribution in [3.8, 4) is 5.75 Å². The molecule has 1 atom stereocenters. The predicted octanol–water partition coefficient (Wildman–Crippen LogP) is 3.44. The lowest BCUT2D eigenvalue weighted by Crippen LogP contribution is -2.30. The predicted molar refractivity (Wildman–Crippen MR) is 92.3 cm³/mol. The van der Waals surface area contributed by atoms with Crippen LogP contribution in [0.3, 0.4) is 0 Å². The number of hydrogen-bond donors (Lipinski definition) is 1. The van der Waals surface area contributed by atoms with Crippen LogP contribution in [0.5, 0.6) is 5.75 Å². The maximum atomic E-state index is 12.3. The molecule has 0 aliphatic heterocycles. The molecule has 1 N–H and O–H groups in total. The Morgan fingerprint density at radius 1 is 1.12 bits per heavy atom. The fourth-order valence-corrected chi connectivity index (χ4v) is 2.18. The Balaban J connectivity index is 2.02. The van der Waals surface area contributed by atoms with Crippen LogP contribution in [0, 0.1) is 0 Å². The van der Waals surface area contributed by atoms with Gasteiger partial charge in [-0.05, 0) is 49.2 Å². The highest BCUT2D eigenvalue weighted by atomic mass is 16.5. The fraction of sp³-hybridized carbons (Fsp3) is 0.263. The first-order valence-electron chi connectivity index (χ1n) is 7.78. The molecule has 0 heterocycles. The van der Waals surface area contributed by atoms with Gasteiger partial charge < -0.3 is 14.8 Å². The minimum absolute atomic E-state index is 0.293. The molecule has 0 aliphatic rings. The average molecular weight is 327 g/mol. The van der Waals surface area contributed by atoms with Crippen LogP contribution >= 0.6 is 0 Å². The Morgan fingerprint density at radius 3 is 2.58 bits per heavy atom. The van der Waals surface area contributed by atoms with Gasteiger partial charge in [0.25, 0.3) is 5.91 Å². The molecular weight excluding hydrogens is 306 g/mol. The number of aryl methyl sites for hydroxylation is 1. The van der Waals surface area contributed by atoms with E-state index in [4.69, 9.17) is 4.74 Å². The smallest absolute Gasteiger partial charge is 0.337 e. The molecule has 0 aliphatic carbocycles. The van der Waals surface area contributed by atoms with Gasteiger partial charge in [0.05, 0.1) is 12.7 Å². The van der Waals surface area contributed by atoms with Gasteiger partial charge in [0.2, 0.25) is 0 Å². The number of esters is 1. The summed E-state index contributed by atoms with van der Waals surface area (Å²) in [5, 5.41) is 2.74. The zero-order valence-electron chi connectivity index (χ0n) is 14.0. The molecule has 126 valence electrons. The van der Waals surface area contributed by atoms with Crippen molar-refractivity contribution in [2.75, 3.05) is 12.4 Å². The summed E-state index contributed by atoms with van der Waals surface area (Å²) in [4.78, 5) is 23.8. The van der Waals surface area contributed by atoms with Crippen molar-refractivity contribution in [2.45, 2.75) is 26.4 Å². The molecule has 0 bridgehead atoms. The van der Waals surface area contributed by atoms with Crippen LogP contribution < -0.4 is 10.1 Å². The number of anilines is 1. The van der Waals surface area contributed by atoms with Gasteiger partial charge in [-0.2, -0.15) is 0 Å². The van der Waals surface area contributed by atoms with Gasteiger partial charge in [-0.25, -0.2) is 4.79 Å². The van der Waals surface area contributed by atoms with E-state index in [2.05, 4.69) is 17.0 Å². The quantitative estimate of drug-likeness (QED) is 0.826. The first-order chi connectivity index (χ1) is 11.5. The van der Waals surface area contributed by atoms with Crippen molar-refractivity contribution < 1.29 is 19.1 Å². The lowest BCUT2D eigenvalue weighted by atomic mass is 10.1. The summed E-state index contributed by atoms with van der Waals surface area (Å²) in [6.45, 7) is 3.74. The highest BCUT2D eigenvalue weighted by Crippen LogP contribution is 2.17. The van der Waals surface area contributed by atoms with Crippen LogP contribution in [0.15, 0.2) is 48.5 Å².